The van der Waals surface area contributed by atoms with Gasteiger partial charge in [-0.3, -0.25) is 14.6 Å². The summed E-state index contributed by atoms with van der Waals surface area (Å²) >= 11 is 1.41. The van der Waals surface area contributed by atoms with Crippen molar-refractivity contribution in [1.29, 1.82) is 0 Å². The van der Waals surface area contributed by atoms with E-state index in [1.165, 1.54) is 17.4 Å². The summed E-state index contributed by atoms with van der Waals surface area (Å²) in [5, 5.41) is 8.07. The molecule has 0 aromatic carbocycles. The molecule has 0 bridgehead atoms. The van der Waals surface area contributed by atoms with Gasteiger partial charge in [0.2, 0.25) is 11.9 Å². The standard InChI is InChI=1S/C25H29FN6O3S/c1-15(17-10-18(26)12-27-11-17)28-25-30-20-6-9-36-23(20)22(31-25)24(34)32-13-19(14-32)29-21(33)3-2-16-4-7-35-8-5-16/h6,9-12,15-16,19H,2-5,7-8,13-14H2,1H3,(H,29,33)(H,28,30,31)/t15-/m0/s1. The van der Waals surface area contributed by atoms with Gasteiger partial charge in [0.1, 0.15) is 5.82 Å². The van der Waals surface area contributed by atoms with Crippen molar-refractivity contribution < 1.29 is 18.7 Å². The Hall–Kier alpha value is -3.18. The van der Waals surface area contributed by atoms with E-state index in [0.29, 0.717) is 48.2 Å². The number of amides is 2. The SMILES string of the molecule is C[C@H](Nc1nc(C(=O)N2CC(NC(=O)CCC3CCOCC3)C2)c2sccc2n1)c1cncc(F)c1. The maximum absolute atomic E-state index is 13.6. The molecule has 2 aliphatic heterocycles. The van der Waals surface area contributed by atoms with Crippen molar-refractivity contribution in [3.05, 3.63) is 47.0 Å². The maximum atomic E-state index is 13.6. The highest BCUT2D eigenvalue weighted by atomic mass is 32.1. The molecule has 0 spiro atoms. The van der Waals surface area contributed by atoms with Gasteiger partial charge >= 0.3 is 0 Å². The zero-order valence-electron chi connectivity index (χ0n) is 20.1. The van der Waals surface area contributed by atoms with Crippen molar-refractivity contribution in [3.63, 3.8) is 0 Å². The third kappa shape index (κ3) is 5.62. The Bertz CT molecular complexity index is 1240. The van der Waals surface area contributed by atoms with Gasteiger partial charge in [0.05, 0.1) is 28.5 Å². The molecule has 3 aromatic rings. The number of aromatic nitrogens is 3. The van der Waals surface area contributed by atoms with Gasteiger partial charge in [0, 0.05) is 38.9 Å². The molecule has 2 saturated heterocycles. The zero-order valence-corrected chi connectivity index (χ0v) is 20.9. The molecule has 2 aliphatic rings. The molecule has 190 valence electrons. The summed E-state index contributed by atoms with van der Waals surface area (Å²) in [6.07, 6.45) is 6.14. The topological polar surface area (TPSA) is 109 Å². The van der Waals surface area contributed by atoms with Crippen LogP contribution in [0.1, 0.15) is 54.7 Å². The first-order valence-electron chi connectivity index (χ1n) is 12.2. The normalized spacial score (nSPS) is 17.6. The van der Waals surface area contributed by atoms with E-state index in [9.17, 15) is 14.0 Å². The van der Waals surface area contributed by atoms with E-state index in [1.54, 1.807) is 11.1 Å². The van der Waals surface area contributed by atoms with Crippen molar-refractivity contribution in [1.82, 2.24) is 25.2 Å². The van der Waals surface area contributed by atoms with E-state index in [4.69, 9.17) is 4.74 Å². The van der Waals surface area contributed by atoms with Gasteiger partial charge in [0.25, 0.3) is 5.91 Å². The molecular formula is C25H29FN6O3S. The smallest absolute Gasteiger partial charge is 0.274 e. The van der Waals surface area contributed by atoms with Crippen LogP contribution in [0, 0.1) is 11.7 Å². The Morgan fingerprint density at radius 2 is 2.06 bits per heavy atom. The number of hydrogen-bond acceptors (Lipinski definition) is 8. The lowest BCUT2D eigenvalue weighted by atomic mass is 9.94. The number of ether oxygens (including phenoxy) is 1. The fourth-order valence-electron chi connectivity index (χ4n) is 4.57. The zero-order chi connectivity index (χ0) is 25.1. The number of hydrogen-bond donors (Lipinski definition) is 2. The van der Waals surface area contributed by atoms with Gasteiger partial charge < -0.3 is 20.3 Å². The molecule has 1 atom stereocenters. The van der Waals surface area contributed by atoms with Gasteiger partial charge in [0.15, 0.2) is 5.69 Å². The lowest BCUT2D eigenvalue weighted by Gasteiger charge is -2.39. The number of fused-ring (bicyclic) bond motifs is 1. The van der Waals surface area contributed by atoms with Crippen LogP contribution >= 0.6 is 11.3 Å². The van der Waals surface area contributed by atoms with Crippen LogP contribution < -0.4 is 10.6 Å². The summed E-state index contributed by atoms with van der Waals surface area (Å²) in [4.78, 5) is 40.3. The molecule has 0 saturated carbocycles. The fraction of sp³-hybridized carbons (Fsp3) is 0.480. The van der Waals surface area contributed by atoms with Crippen LogP contribution in [0.4, 0.5) is 10.3 Å². The second kappa shape index (κ2) is 10.8. The van der Waals surface area contributed by atoms with Crippen LogP contribution in [-0.2, 0) is 9.53 Å². The number of pyridine rings is 1. The number of rotatable bonds is 8. The summed E-state index contributed by atoms with van der Waals surface area (Å²) in [6, 6.07) is 2.89. The average molecular weight is 513 g/mol. The second-order valence-electron chi connectivity index (χ2n) is 9.40. The molecular weight excluding hydrogens is 483 g/mol. The number of halogens is 1. The molecule has 0 unspecified atom stereocenters. The third-order valence-corrected chi connectivity index (χ3v) is 7.64. The highest BCUT2D eigenvalue weighted by molar-refractivity contribution is 7.17. The predicted molar refractivity (Wildman–Crippen MR) is 134 cm³/mol. The van der Waals surface area contributed by atoms with Gasteiger partial charge in [-0.1, -0.05) is 0 Å². The van der Waals surface area contributed by atoms with Crippen molar-refractivity contribution in [3.8, 4) is 0 Å². The van der Waals surface area contributed by atoms with Crippen LogP contribution in [-0.4, -0.2) is 64.0 Å². The second-order valence-corrected chi connectivity index (χ2v) is 10.3. The summed E-state index contributed by atoms with van der Waals surface area (Å²) in [5.74, 6) is 0.264. The highest BCUT2D eigenvalue weighted by Crippen LogP contribution is 2.27. The van der Waals surface area contributed by atoms with E-state index in [0.717, 1.165) is 43.4 Å². The Balaban J connectivity index is 1.19. The number of carbonyl (C=O) groups is 2. The molecule has 9 nitrogen and oxygen atoms in total. The maximum Gasteiger partial charge on any atom is 0.274 e. The number of carbonyl (C=O) groups excluding carboxylic acids is 2. The Morgan fingerprint density at radius 1 is 1.25 bits per heavy atom. The van der Waals surface area contributed by atoms with Crippen molar-refractivity contribution in [2.24, 2.45) is 5.92 Å². The number of anilines is 1. The monoisotopic (exact) mass is 512 g/mol. The van der Waals surface area contributed by atoms with E-state index < -0.39 is 5.82 Å². The lowest BCUT2D eigenvalue weighted by molar-refractivity contribution is -0.123. The van der Waals surface area contributed by atoms with Crippen molar-refractivity contribution in [2.45, 2.75) is 44.7 Å². The first-order chi connectivity index (χ1) is 17.5. The summed E-state index contributed by atoms with van der Waals surface area (Å²) in [6.45, 7) is 4.32. The molecule has 36 heavy (non-hydrogen) atoms. The van der Waals surface area contributed by atoms with E-state index in [1.807, 2.05) is 18.4 Å². The molecule has 3 aromatic heterocycles. The molecule has 2 amide bonds. The number of likely N-dealkylation sites (tertiary alicyclic amines) is 1. The summed E-state index contributed by atoms with van der Waals surface area (Å²) < 4.78 is 19.7. The summed E-state index contributed by atoms with van der Waals surface area (Å²) in [7, 11) is 0. The highest BCUT2D eigenvalue weighted by Gasteiger charge is 2.34. The molecule has 2 N–H and O–H groups in total. The van der Waals surface area contributed by atoms with Crippen LogP contribution in [0.3, 0.4) is 0 Å². The average Bonchev–Trinajstić information content (AvgIpc) is 3.33. The van der Waals surface area contributed by atoms with Crippen molar-refractivity contribution in [2.75, 3.05) is 31.6 Å². The van der Waals surface area contributed by atoms with E-state index in [-0.39, 0.29) is 23.9 Å². The van der Waals surface area contributed by atoms with Gasteiger partial charge in [-0.05, 0) is 55.2 Å². The largest absolute Gasteiger partial charge is 0.381 e. The van der Waals surface area contributed by atoms with Crippen LogP contribution in [0.2, 0.25) is 0 Å². The minimum atomic E-state index is -0.422. The molecule has 0 radical (unpaired) electrons. The van der Waals surface area contributed by atoms with Crippen molar-refractivity contribution >= 4 is 39.3 Å². The van der Waals surface area contributed by atoms with Gasteiger partial charge in [-0.15, -0.1) is 11.3 Å². The minimum absolute atomic E-state index is 0.0357. The van der Waals surface area contributed by atoms with Gasteiger partial charge in [-0.2, -0.15) is 0 Å². The summed E-state index contributed by atoms with van der Waals surface area (Å²) in [5.41, 5.74) is 1.64. The molecule has 0 aliphatic carbocycles. The van der Waals surface area contributed by atoms with Gasteiger partial charge in [-0.25, -0.2) is 14.4 Å². The third-order valence-electron chi connectivity index (χ3n) is 6.73. The quantitative estimate of drug-likeness (QED) is 0.475. The molecule has 2 fully saturated rings. The first kappa shape index (κ1) is 24.5. The molecule has 5 rings (SSSR count). The molecule has 11 heteroatoms. The fourth-order valence-corrected chi connectivity index (χ4v) is 5.38. The van der Waals surface area contributed by atoms with Crippen LogP contribution in [0.15, 0.2) is 29.9 Å². The Kier molecular flexibility index (Phi) is 7.38. The minimum Gasteiger partial charge on any atom is -0.381 e. The van der Waals surface area contributed by atoms with Crippen LogP contribution in [0.25, 0.3) is 10.2 Å². The van der Waals surface area contributed by atoms with E-state index in [2.05, 4.69) is 25.6 Å². The van der Waals surface area contributed by atoms with E-state index >= 15 is 0 Å². The Labute approximate surface area is 212 Å². The number of thiophene rings is 1. The molecule has 5 heterocycles. The number of nitrogens with one attached hydrogen (secondary N) is 2. The van der Waals surface area contributed by atoms with Crippen LogP contribution in [0.5, 0.6) is 0 Å². The first-order valence-corrected chi connectivity index (χ1v) is 13.1. The predicted octanol–water partition coefficient (Wildman–Crippen LogP) is 3.55. The Morgan fingerprint density at radius 3 is 2.83 bits per heavy atom. The lowest BCUT2D eigenvalue weighted by Crippen LogP contribution is -2.61. The number of nitrogens with zero attached hydrogens (tertiary/aromatic N) is 4.